The van der Waals surface area contributed by atoms with Gasteiger partial charge in [-0.05, 0) is 13.3 Å². The van der Waals surface area contributed by atoms with E-state index in [1.807, 2.05) is 6.92 Å². The molecule has 136 valence electrons. The number of fused-ring (bicyclic) bond motifs is 1. The van der Waals surface area contributed by atoms with Crippen molar-refractivity contribution < 1.29 is 13.2 Å². The molecule has 25 heavy (non-hydrogen) atoms. The Labute approximate surface area is 146 Å². The molecule has 0 bridgehead atoms. The van der Waals surface area contributed by atoms with E-state index < -0.39 is 11.9 Å². The highest BCUT2D eigenvalue weighted by Gasteiger charge is 2.33. The van der Waals surface area contributed by atoms with Crippen molar-refractivity contribution in [2.75, 3.05) is 6.54 Å². The van der Waals surface area contributed by atoms with Gasteiger partial charge in [-0.2, -0.15) is 13.2 Å². The van der Waals surface area contributed by atoms with E-state index in [2.05, 4.69) is 35.4 Å². The molecule has 0 amide bonds. The molecule has 3 rings (SSSR count). The summed E-state index contributed by atoms with van der Waals surface area (Å²) in [5.74, 6) is 2.27. The number of hydrogen-bond acceptors (Lipinski definition) is 5. The first-order valence-corrected chi connectivity index (χ1v) is 8.80. The molecule has 1 aliphatic heterocycles. The molecule has 1 aliphatic rings. The molecule has 11 heteroatoms. The third-order valence-electron chi connectivity index (χ3n) is 3.66. The van der Waals surface area contributed by atoms with Gasteiger partial charge in [-0.15, -0.1) is 21.5 Å². The third kappa shape index (κ3) is 4.27. The Morgan fingerprint density at radius 2 is 2.20 bits per heavy atom. The van der Waals surface area contributed by atoms with Crippen LogP contribution in [0.4, 0.5) is 13.2 Å². The van der Waals surface area contributed by atoms with Gasteiger partial charge in [-0.25, -0.2) is 9.98 Å². The van der Waals surface area contributed by atoms with Gasteiger partial charge in [-0.1, -0.05) is 0 Å². The van der Waals surface area contributed by atoms with Crippen LogP contribution in [0.1, 0.15) is 35.7 Å². The Balaban J connectivity index is 1.61. The summed E-state index contributed by atoms with van der Waals surface area (Å²) in [6.45, 7) is 3.97. The average Bonchev–Trinajstić information content (AvgIpc) is 3.26. The van der Waals surface area contributed by atoms with E-state index in [0.717, 1.165) is 47.8 Å². The molecule has 0 saturated carbocycles. The first-order chi connectivity index (χ1) is 12.0. The molecule has 0 saturated heterocycles. The summed E-state index contributed by atoms with van der Waals surface area (Å²) in [6, 6.07) is 0. The van der Waals surface area contributed by atoms with Gasteiger partial charge in [0.1, 0.15) is 17.4 Å². The summed E-state index contributed by atoms with van der Waals surface area (Å²) >= 11 is 0.966. The number of aryl methyl sites for hydroxylation is 1. The highest BCUT2D eigenvalue weighted by atomic mass is 32.1. The Morgan fingerprint density at radius 1 is 1.36 bits per heavy atom. The fraction of sp³-hybridized carbons (Fsp3) is 0.571. The zero-order valence-corrected chi connectivity index (χ0v) is 14.4. The van der Waals surface area contributed by atoms with Crippen molar-refractivity contribution >= 4 is 17.3 Å². The molecule has 7 nitrogen and oxygen atoms in total. The van der Waals surface area contributed by atoms with Gasteiger partial charge in [0.15, 0.2) is 17.5 Å². The molecule has 2 N–H and O–H groups in total. The summed E-state index contributed by atoms with van der Waals surface area (Å²) in [6.07, 6.45) is -2.42. The molecule has 0 unspecified atom stereocenters. The van der Waals surface area contributed by atoms with Crippen LogP contribution in [0.15, 0.2) is 10.4 Å². The van der Waals surface area contributed by atoms with Crippen molar-refractivity contribution in [1.29, 1.82) is 0 Å². The van der Waals surface area contributed by atoms with Crippen molar-refractivity contribution in [3.63, 3.8) is 0 Å². The van der Waals surface area contributed by atoms with Crippen molar-refractivity contribution in [3.05, 3.63) is 27.7 Å². The molecule has 2 aromatic heterocycles. The lowest BCUT2D eigenvalue weighted by molar-refractivity contribution is -0.140. The van der Waals surface area contributed by atoms with Gasteiger partial charge in [0, 0.05) is 24.9 Å². The highest BCUT2D eigenvalue weighted by Crippen LogP contribution is 2.29. The highest BCUT2D eigenvalue weighted by molar-refractivity contribution is 7.09. The van der Waals surface area contributed by atoms with Crippen LogP contribution in [0.2, 0.25) is 0 Å². The van der Waals surface area contributed by atoms with Crippen molar-refractivity contribution in [2.24, 2.45) is 4.99 Å². The average molecular weight is 373 g/mol. The minimum absolute atomic E-state index is 0.171. The molecule has 0 spiro atoms. The van der Waals surface area contributed by atoms with Gasteiger partial charge in [-0.3, -0.25) is 0 Å². The lowest BCUT2D eigenvalue weighted by Gasteiger charge is -2.10. The second-order valence-corrected chi connectivity index (χ2v) is 6.40. The van der Waals surface area contributed by atoms with Gasteiger partial charge in [0.2, 0.25) is 0 Å². The first kappa shape index (κ1) is 17.6. The smallest absolute Gasteiger partial charge is 0.357 e. The maximum absolute atomic E-state index is 12.6. The number of alkyl halides is 3. The van der Waals surface area contributed by atoms with Crippen LogP contribution >= 0.6 is 11.3 Å². The minimum Gasteiger partial charge on any atom is -0.357 e. The number of aromatic nitrogens is 4. The normalized spacial score (nSPS) is 14.6. The van der Waals surface area contributed by atoms with Crippen LogP contribution in [0.5, 0.6) is 0 Å². The maximum atomic E-state index is 12.6. The summed E-state index contributed by atoms with van der Waals surface area (Å²) in [7, 11) is 0. The van der Waals surface area contributed by atoms with Crippen LogP contribution in [-0.2, 0) is 32.2 Å². The van der Waals surface area contributed by atoms with Crippen LogP contribution in [0.3, 0.4) is 0 Å². The van der Waals surface area contributed by atoms with Crippen LogP contribution in [0.25, 0.3) is 0 Å². The third-order valence-corrected chi connectivity index (χ3v) is 4.51. The predicted octanol–water partition coefficient (Wildman–Crippen LogP) is 1.95. The molecule has 0 atom stereocenters. The SMILES string of the molecule is CCNC(=NCc1nnc2n1CCC2)NCc1nc(C(F)(F)F)cs1. The Bertz CT molecular complexity index is 750. The topological polar surface area (TPSA) is 80.0 Å². The first-order valence-electron chi connectivity index (χ1n) is 7.92. The molecule has 2 aromatic rings. The number of aliphatic imine (C=N–C) groups is 1. The number of nitrogens with zero attached hydrogens (tertiary/aromatic N) is 5. The number of halogens is 3. The number of hydrogen-bond donors (Lipinski definition) is 2. The lowest BCUT2D eigenvalue weighted by Crippen LogP contribution is -2.36. The number of nitrogens with one attached hydrogen (secondary N) is 2. The van der Waals surface area contributed by atoms with Crippen molar-refractivity contribution in [2.45, 2.75) is 45.6 Å². The van der Waals surface area contributed by atoms with E-state index in [4.69, 9.17) is 0 Å². The van der Waals surface area contributed by atoms with Crippen molar-refractivity contribution in [3.8, 4) is 0 Å². The largest absolute Gasteiger partial charge is 0.434 e. The fourth-order valence-electron chi connectivity index (χ4n) is 2.50. The number of thiazole rings is 1. The Kier molecular flexibility index (Phi) is 5.21. The molecule has 0 aliphatic carbocycles. The quantitative estimate of drug-likeness (QED) is 0.619. The molecule has 3 heterocycles. The van der Waals surface area contributed by atoms with Gasteiger partial charge >= 0.3 is 6.18 Å². The molecular weight excluding hydrogens is 355 g/mol. The number of rotatable bonds is 5. The van der Waals surface area contributed by atoms with Crippen LogP contribution < -0.4 is 10.6 Å². The number of guanidine groups is 1. The summed E-state index contributed by atoms with van der Waals surface area (Å²) < 4.78 is 39.8. The van der Waals surface area contributed by atoms with Gasteiger partial charge in [0.25, 0.3) is 0 Å². The molecular formula is C14H18F3N7S. The maximum Gasteiger partial charge on any atom is 0.434 e. The van der Waals surface area contributed by atoms with Crippen LogP contribution in [0, 0.1) is 0 Å². The molecule has 0 radical (unpaired) electrons. The second kappa shape index (κ2) is 7.38. The monoisotopic (exact) mass is 373 g/mol. The van der Waals surface area contributed by atoms with E-state index in [-0.39, 0.29) is 6.54 Å². The second-order valence-electron chi connectivity index (χ2n) is 5.46. The summed E-state index contributed by atoms with van der Waals surface area (Å²) in [4.78, 5) is 8.02. The van der Waals surface area contributed by atoms with E-state index >= 15 is 0 Å². The molecule has 0 aromatic carbocycles. The van der Waals surface area contributed by atoms with E-state index in [1.165, 1.54) is 0 Å². The van der Waals surface area contributed by atoms with Crippen molar-refractivity contribution in [1.82, 2.24) is 30.4 Å². The predicted molar refractivity (Wildman–Crippen MR) is 87.1 cm³/mol. The summed E-state index contributed by atoms with van der Waals surface area (Å²) in [5, 5.41) is 15.7. The van der Waals surface area contributed by atoms with E-state index in [1.54, 1.807) is 0 Å². The van der Waals surface area contributed by atoms with E-state index in [0.29, 0.717) is 24.1 Å². The molecule has 0 fully saturated rings. The Morgan fingerprint density at radius 3 is 2.92 bits per heavy atom. The summed E-state index contributed by atoms with van der Waals surface area (Å²) in [5.41, 5.74) is -0.865. The van der Waals surface area contributed by atoms with E-state index in [9.17, 15) is 13.2 Å². The fourth-order valence-corrected chi connectivity index (χ4v) is 3.24. The minimum atomic E-state index is -4.42. The standard InChI is InChI=1S/C14H18F3N7S/c1-2-18-13(19-6-11-23-22-10-4-3-5-24(10)11)20-7-12-21-9(8-25-12)14(15,16)17/h8H,2-7H2,1H3,(H2,18,19,20). The zero-order chi connectivity index (χ0) is 17.9. The van der Waals surface area contributed by atoms with Gasteiger partial charge < -0.3 is 15.2 Å². The van der Waals surface area contributed by atoms with Crippen LogP contribution in [-0.4, -0.2) is 32.3 Å². The Hall–Kier alpha value is -2.17. The zero-order valence-electron chi connectivity index (χ0n) is 13.6. The lowest BCUT2D eigenvalue weighted by atomic mass is 10.4. The van der Waals surface area contributed by atoms with Gasteiger partial charge in [0.05, 0.1) is 6.54 Å².